The van der Waals surface area contributed by atoms with Crippen molar-refractivity contribution in [3.63, 3.8) is 0 Å². The summed E-state index contributed by atoms with van der Waals surface area (Å²) in [6.45, 7) is 1.11. The molecule has 0 aliphatic heterocycles. The average Bonchev–Trinajstić information content (AvgIpc) is 2.52. The Balaban J connectivity index is 3.26. The molecule has 1 aromatic carbocycles. The van der Waals surface area contributed by atoms with E-state index >= 15 is 0 Å². The van der Waals surface area contributed by atoms with E-state index in [0.717, 1.165) is 0 Å². The van der Waals surface area contributed by atoms with Crippen LogP contribution in [0.5, 0.6) is 5.75 Å². The molecular weight excluding hydrogens is 320 g/mol. The number of benzene rings is 1. The van der Waals surface area contributed by atoms with E-state index < -0.39 is 11.8 Å². The lowest BCUT2D eigenvalue weighted by atomic mass is 10.1. The van der Waals surface area contributed by atoms with E-state index in [1.165, 1.54) is 32.2 Å². The highest BCUT2D eigenvalue weighted by atomic mass is 35.5. The van der Waals surface area contributed by atoms with Gasteiger partial charge in [0.1, 0.15) is 24.0 Å². The molecule has 0 N–H and O–H groups in total. The lowest BCUT2D eigenvalue weighted by molar-refractivity contribution is -0.140. The van der Waals surface area contributed by atoms with E-state index in [0.29, 0.717) is 5.56 Å². The highest BCUT2D eigenvalue weighted by Crippen LogP contribution is 2.28. The van der Waals surface area contributed by atoms with Gasteiger partial charge in [0.05, 0.1) is 30.2 Å². The summed E-state index contributed by atoms with van der Waals surface area (Å²) in [5.74, 6) is -1.06. The predicted molar refractivity (Wildman–Crippen MR) is 82.6 cm³/mol. The summed E-state index contributed by atoms with van der Waals surface area (Å²) < 4.78 is 9.99. The summed E-state index contributed by atoms with van der Waals surface area (Å²) in [6.07, 6.45) is 1.31. The molecule has 0 amide bonds. The van der Waals surface area contributed by atoms with Crippen molar-refractivity contribution >= 4 is 29.4 Å². The molecule has 1 aromatic rings. The third kappa shape index (κ3) is 4.84. The van der Waals surface area contributed by atoms with Crippen molar-refractivity contribution < 1.29 is 19.1 Å². The number of hydrogen-bond acceptors (Lipinski definition) is 6. The van der Waals surface area contributed by atoms with Crippen LogP contribution in [0.3, 0.4) is 0 Å². The van der Waals surface area contributed by atoms with Crippen molar-refractivity contribution in [1.82, 2.24) is 0 Å². The van der Waals surface area contributed by atoms with Crippen LogP contribution in [-0.4, -0.2) is 25.5 Å². The fourth-order valence-corrected chi connectivity index (χ4v) is 1.89. The van der Waals surface area contributed by atoms with Crippen LogP contribution < -0.4 is 4.74 Å². The topological polar surface area (TPSA) is 100 Å². The molecular formula is C16H13ClN2O4. The quantitative estimate of drug-likeness (QED) is 0.261. The maximum absolute atomic E-state index is 11.9. The van der Waals surface area contributed by atoms with Gasteiger partial charge in [0.15, 0.2) is 5.78 Å². The fraction of sp³-hybridized carbons (Fsp3) is 0.250. The monoisotopic (exact) mass is 332 g/mol. The second kappa shape index (κ2) is 8.57. The minimum absolute atomic E-state index is 0.0307. The molecule has 0 radical (unpaired) electrons. The average molecular weight is 333 g/mol. The Morgan fingerprint density at radius 1 is 1.35 bits per heavy atom. The van der Waals surface area contributed by atoms with Crippen LogP contribution in [0.25, 0.3) is 6.08 Å². The second-order valence-corrected chi connectivity index (χ2v) is 4.75. The van der Waals surface area contributed by atoms with E-state index in [1.807, 2.05) is 12.1 Å². The number of esters is 1. The molecule has 1 rings (SSSR count). The summed E-state index contributed by atoms with van der Waals surface area (Å²) in [5.41, 5.74) is 0.364. The molecule has 0 atom stereocenters. The molecule has 23 heavy (non-hydrogen) atoms. The van der Waals surface area contributed by atoms with Gasteiger partial charge in [-0.1, -0.05) is 11.6 Å². The zero-order valence-corrected chi connectivity index (χ0v) is 13.3. The van der Waals surface area contributed by atoms with Crippen LogP contribution in [-0.2, 0) is 14.3 Å². The third-order valence-electron chi connectivity index (χ3n) is 2.79. The first-order valence-corrected chi connectivity index (χ1v) is 6.86. The summed E-state index contributed by atoms with van der Waals surface area (Å²) in [6, 6.07) is 6.57. The molecule has 0 unspecified atom stereocenters. The van der Waals surface area contributed by atoms with Gasteiger partial charge in [0.2, 0.25) is 0 Å². The SMILES string of the molecule is COc1cc(C#N)c(Cl)cc1/C=C(\C(C)=O)C(=O)OCCC#N. The van der Waals surface area contributed by atoms with E-state index in [4.69, 9.17) is 31.6 Å². The lowest BCUT2D eigenvalue weighted by Gasteiger charge is -2.09. The number of ketones is 1. The van der Waals surface area contributed by atoms with Crippen molar-refractivity contribution in [2.75, 3.05) is 13.7 Å². The highest BCUT2D eigenvalue weighted by Gasteiger charge is 2.18. The van der Waals surface area contributed by atoms with Crippen LogP contribution >= 0.6 is 11.6 Å². The number of nitrogens with zero attached hydrogens (tertiary/aromatic N) is 2. The first kappa shape index (κ1) is 18.2. The Labute approximate surface area is 138 Å². The Kier molecular flexibility index (Phi) is 6.79. The summed E-state index contributed by atoms with van der Waals surface area (Å²) in [5, 5.41) is 17.5. The van der Waals surface area contributed by atoms with Gasteiger partial charge in [-0.15, -0.1) is 0 Å². The number of rotatable bonds is 6. The van der Waals surface area contributed by atoms with Gasteiger partial charge >= 0.3 is 5.97 Å². The van der Waals surface area contributed by atoms with Crippen molar-refractivity contribution in [3.8, 4) is 17.9 Å². The maximum atomic E-state index is 11.9. The molecule has 0 spiro atoms. The fourth-order valence-electron chi connectivity index (χ4n) is 1.67. The largest absolute Gasteiger partial charge is 0.496 e. The Morgan fingerprint density at radius 3 is 2.57 bits per heavy atom. The Morgan fingerprint density at radius 2 is 2.04 bits per heavy atom. The summed E-state index contributed by atoms with van der Waals surface area (Å²) in [4.78, 5) is 23.6. The number of halogens is 1. The molecule has 0 aromatic heterocycles. The number of carbonyl (C=O) groups excluding carboxylic acids is 2. The van der Waals surface area contributed by atoms with Crippen LogP contribution in [0.1, 0.15) is 24.5 Å². The number of ether oxygens (including phenoxy) is 2. The number of nitriles is 2. The maximum Gasteiger partial charge on any atom is 0.341 e. The van der Waals surface area contributed by atoms with Gasteiger partial charge < -0.3 is 9.47 Å². The number of hydrogen-bond donors (Lipinski definition) is 0. The van der Waals surface area contributed by atoms with Crippen molar-refractivity contribution in [2.24, 2.45) is 0 Å². The van der Waals surface area contributed by atoms with Crippen LogP contribution in [0.15, 0.2) is 17.7 Å². The standard InChI is InChI=1S/C16H13ClN2O4/c1-10(20)13(16(21)23-5-3-4-18)6-11-7-14(17)12(9-19)8-15(11)22-2/h6-8H,3,5H2,1-2H3/b13-6+. The molecule has 0 fully saturated rings. The molecule has 0 aliphatic carbocycles. The molecule has 118 valence electrons. The molecule has 0 heterocycles. The van der Waals surface area contributed by atoms with E-state index in [1.54, 1.807) is 0 Å². The van der Waals surface area contributed by atoms with E-state index in [-0.39, 0.29) is 34.9 Å². The molecule has 6 nitrogen and oxygen atoms in total. The van der Waals surface area contributed by atoms with Crippen molar-refractivity contribution in [1.29, 1.82) is 10.5 Å². The molecule has 0 aliphatic rings. The smallest absolute Gasteiger partial charge is 0.341 e. The number of carbonyl (C=O) groups is 2. The molecule has 0 saturated carbocycles. The van der Waals surface area contributed by atoms with Gasteiger partial charge in [0, 0.05) is 11.6 Å². The third-order valence-corrected chi connectivity index (χ3v) is 3.10. The van der Waals surface area contributed by atoms with Gasteiger partial charge in [-0.25, -0.2) is 4.79 Å². The van der Waals surface area contributed by atoms with Gasteiger partial charge in [-0.3, -0.25) is 4.79 Å². The number of methoxy groups -OCH3 is 1. The Bertz CT molecular complexity index is 742. The van der Waals surface area contributed by atoms with Crippen molar-refractivity contribution in [3.05, 3.63) is 33.9 Å². The van der Waals surface area contributed by atoms with E-state index in [2.05, 4.69) is 0 Å². The summed E-state index contributed by atoms with van der Waals surface area (Å²) in [7, 11) is 1.39. The van der Waals surface area contributed by atoms with Gasteiger partial charge in [0.25, 0.3) is 0 Å². The predicted octanol–water partition coefficient (Wildman–Crippen LogP) is 2.65. The van der Waals surface area contributed by atoms with Gasteiger partial charge in [-0.2, -0.15) is 10.5 Å². The molecule has 7 heteroatoms. The lowest BCUT2D eigenvalue weighted by Crippen LogP contribution is -2.14. The van der Waals surface area contributed by atoms with Gasteiger partial charge in [-0.05, 0) is 19.1 Å². The first-order chi connectivity index (χ1) is 10.9. The van der Waals surface area contributed by atoms with Crippen LogP contribution in [0, 0.1) is 22.7 Å². The molecule has 0 saturated heterocycles. The highest BCUT2D eigenvalue weighted by molar-refractivity contribution is 6.32. The zero-order chi connectivity index (χ0) is 17.4. The Hall–Kier alpha value is -2.83. The molecule has 0 bridgehead atoms. The second-order valence-electron chi connectivity index (χ2n) is 4.34. The normalized spacial score (nSPS) is 10.4. The minimum atomic E-state index is -0.838. The van der Waals surface area contributed by atoms with Crippen LogP contribution in [0.2, 0.25) is 5.02 Å². The number of Topliss-reactive ketones (excluding diaryl/α,β-unsaturated/α-hetero) is 1. The van der Waals surface area contributed by atoms with E-state index in [9.17, 15) is 9.59 Å². The minimum Gasteiger partial charge on any atom is -0.496 e. The summed E-state index contributed by atoms with van der Waals surface area (Å²) >= 11 is 5.96. The van der Waals surface area contributed by atoms with Crippen molar-refractivity contribution in [2.45, 2.75) is 13.3 Å². The first-order valence-electron chi connectivity index (χ1n) is 6.49. The van der Waals surface area contributed by atoms with Crippen LogP contribution in [0.4, 0.5) is 0 Å². The zero-order valence-electron chi connectivity index (χ0n) is 12.6.